The van der Waals surface area contributed by atoms with Crippen molar-refractivity contribution < 1.29 is 24.5 Å². The summed E-state index contributed by atoms with van der Waals surface area (Å²) in [4.78, 5) is 24.2. The highest BCUT2D eigenvalue weighted by atomic mass is 16.6. The molecule has 0 bridgehead atoms. The van der Waals surface area contributed by atoms with E-state index in [1.807, 2.05) is 0 Å². The van der Waals surface area contributed by atoms with Gasteiger partial charge in [-0.2, -0.15) is 0 Å². The number of carboxylic acids is 1. The van der Waals surface area contributed by atoms with Gasteiger partial charge in [-0.05, 0) is 38.0 Å². The molecule has 6 heteroatoms. The van der Waals surface area contributed by atoms with E-state index in [2.05, 4.69) is 0 Å². The molecule has 1 saturated heterocycles. The van der Waals surface area contributed by atoms with Crippen LogP contribution in [0, 0.1) is 5.92 Å². The molecule has 2 N–H and O–H groups in total. The summed E-state index contributed by atoms with van der Waals surface area (Å²) in [6, 6.07) is 0.102. The van der Waals surface area contributed by atoms with Crippen molar-refractivity contribution in [2.45, 2.75) is 89.2 Å². The number of carbonyl (C=O) groups excluding carboxylic acids is 1. The number of unbranched alkanes of at least 4 members (excludes halogenated alkanes) is 3. The van der Waals surface area contributed by atoms with Crippen molar-refractivity contribution in [1.82, 2.24) is 4.90 Å². The first-order chi connectivity index (χ1) is 12.1. The number of aliphatic hydroxyl groups excluding tert-OH is 1. The number of rotatable bonds is 11. The molecule has 1 amide bonds. The number of ether oxygens (including phenoxy) is 1. The van der Waals surface area contributed by atoms with Crippen LogP contribution >= 0.6 is 0 Å². The van der Waals surface area contributed by atoms with Crippen molar-refractivity contribution in [3.8, 4) is 0 Å². The summed E-state index contributed by atoms with van der Waals surface area (Å²) in [6.07, 6.45) is 10.7. The monoisotopic (exact) mass is 355 g/mol. The highest BCUT2D eigenvalue weighted by molar-refractivity contribution is 5.70. The molecule has 2 rings (SSSR count). The van der Waals surface area contributed by atoms with Gasteiger partial charge in [-0.15, -0.1) is 0 Å². The zero-order chi connectivity index (χ0) is 18.1. The normalized spacial score (nSPS) is 22.8. The van der Waals surface area contributed by atoms with Crippen molar-refractivity contribution in [2.75, 3.05) is 13.2 Å². The Labute approximate surface area is 150 Å². The van der Waals surface area contributed by atoms with Crippen LogP contribution in [0.3, 0.4) is 0 Å². The molecule has 0 spiro atoms. The molecule has 1 heterocycles. The minimum atomic E-state index is -0.738. The van der Waals surface area contributed by atoms with E-state index in [0.29, 0.717) is 31.9 Å². The van der Waals surface area contributed by atoms with Gasteiger partial charge in [-0.1, -0.05) is 38.5 Å². The number of hydrogen-bond acceptors (Lipinski definition) is 4. The van der Waals surface area contributed by atoms with Gasteiger partial charge < -0.3 is 19.8 Å². The summed E-state index contributed by atoms with van der Waals surface area (Å²) in [6.45, 7) is 1.01. The first-order valence-electron chi connectivity index (χ1n) is 9.91. The molecule has 1 aliphatic heterocycles. The summed E-state index contributed by atoms with van der Waals surface area (Å²) < 4.78 is 5.19. The Balaban J connectivity index is 1.65. The highest BCUT2D eigenvalue weighted by Crippen LogP contribution is 2.28. The van der Waals surface area contributed by atoms with E-state index in [1.165, 1.54) is 19.3 Å². The molecule has 144 valence electrons. The molecule has 2 fully saturated rings. The molecule has 0 aromatic rings. The third-order valence-electron chi connectivity index (χ3n) is 5.61. The fraction of sp³-hybridized carbons (Fsp3) is 0.895. The average molecular weight is 355 g/mol. The van der Waals surface area contributed by atoms with Crippen molar-refractivity contribution in [1.29, 1.82) is 0 Å². The topological polar surface area (TPSA) is 87.1 Å². The van der Waals surface area contributed by atoms with Crippen molar-refractivity contribution in [2.24, 2.45) is 5.92 Å². The zero-order valence-electron chi connectivity index (χ0n) is 15.2. The first kappa shape index (κ1) is 20.0. The summed E-state index contributed by atoms with van der Waals surface area (Å²) in [5.74, 6) is -0.349. The Morgan fingerprint density at radius 2 is 1.88 bits per heavy atom. The average Bonchev–Trinajstić information content (AvgIpc) is 2.96. The second-order valence-corrected chi connectivity index (χ2v) is 7.52. The van der Waals surface area contributed by atoms with Gasteiger partial charge in [0.1, 0.15) is 6.61 Å². The van der Waals surface area contributed by atoms with Gasteiger partial charge in [0.15, 0.2) is 0 Å². The lowest BCUT2D eigenvalue weighted by molar-refractivity contribution is -0.137. The van der Waals surface area contributed by atoms with Gasteiger partial charge in [0.2, 0.25) is 0 Å². The molecule has 0 aromatic carbocycles. The Bertz CT molecular complexity index is 422. The van der Waals surface area contributed by atoms with Crippen LogP contribution in [0.2, 0.25) is 0 Å². The Hall–Kier alpha value is -1.30. The van der Waals surface area contributed by atoms with E-state index in [4.69, 9.17) is 9.84 Å². The van der Waals surface area contributed by atoms with Gasteiger partial charge in [0, 0.05) is 13.0 Å². The summed E-state index contributed by atoms with van der Waals surface area (Å²) in [5, 5.41) is 19.0. The van der Waals surface area contributed by atoms with E-state index < -0.39 is 5.97 Å². The molecule has 25 heavy (non-hydrogen) atoms. The van der Waals surface area contributed by atoms with E-state index >= 15 is 0 Å². The maximum absolute atomic E-state index is 11.9. The minimum Gasteiger partial charge on any atom is -0.481 e. The van der Waals surface area contributed by atoms with Gasteiger partial charge in [0.25, 0.3) is 0 Å². The summed E-state index contributed by atoms with van der Waals surface area (Å²) in [5.41, 5.74) is 0. The van der Waals surface area contributed by atoms with Crippen LogP contribution < -0.4 is 0 Å². The zero-order valence-corrected chi connectivity index (χ0v) is 15.2. The standard InChI is InChI=1S/C19H33NO5/c21-17(15-8-4-3-5-9-15)12-13-20-16(14-25-19(20)24)10-6-1-2-7-11-18(22)23/h15-17,21H,1-14H2,(H,22,23). The quantitative estimate of drug-likeness (QED) is 0.553. The molecule has 6 nitrogen and oxygen atoms in total. The number of cyclic esters (lactones) is 1. The Morgan fingerprint density at radius 1 is 1.16 bits per heavy atom. The summed E-state index contributed by atoms with van der Waals surface area (Å²) >= 11 is 0. The van der Waals surface area contributed by atoms with Gasteiger partial charge >= 0.3 is 12.1 Å². The lowest BCUT2D eigenvalue weighted by Gasteiger charge is -2.28. The van der Waals surface area contributed by atoms with E-state index in [0.717, 1.165) is 38.5 Å². The minimum absolute atomic E-state index is 0.102. The van der Waals surface area contributed by atoms with Gasteiger partial charge in [0.05, 0.1) is 12.1 Å². The maximum Gasteiger partial charge on any atom is 0.410 e. The van der Waals surface area contributed by atoms with Gasteiger partial charge in [-0.25, -0.2) is 4.79 Å². The lowest BCUT2D eigenvalue weighted by atomic mass is 9.84. The number of carbonyl (C=O) groups is 2. The molecule has 2 unspecified atom stereocenters. The van der Waals surface area contributed by atoms with Crippen LogP contribution in [0.1, 0.15) is 77.0 Å². The predicted molar refractivity (Wildman–Crippen MR) is 94.4 cm³/mol. The van der Waals surface area contributed by atoms with E-state index in [9.17, 15) is 14.7 Å². The number of hydrogen-bond donors (Lipinski definition) is 2. The lowest BCUT2D eigenvalue weighted by Crippen LogP contribution is -2.37. The van der Waals surface area contributed by atoms with Crippen LogP contribution in [0.5, 0.6) is 0 Å². The third-order valence-corrected chi connectivity index (χ3v) is 5.61. The van der Waals surface area contributed by atoms with Crippen LogP contribution in [-0.4, -0.2) is 52.5 Å². The van der Waals surface area contributed by atoms with Crippen LogP contribution in [0.4, 0.5) is 4.79 Å². The molecule has 2 aliphatic rings. The molecule has 0 radical (unpaired) electrons. The molecule has 1 aliphatic carbocycles. The number of aliphatic hydroxyl groups is 1. The van der Waals surface area contributed by atoms with Crippen LogP contribution in [0.25, 0.3) is 0 Å². The Kier molecular flexibility index (Phi) is 8.52. The van der Waals surface area contributed by atoms with Crippen LogP contribution in [0.15, 0.2) is 0 Å². The molecular weight excluding hydrogens is 322 g/mol. The van der Waals surface area contributed by atoms with Crippen LogP contribution in [-0.2, 0) is 9.53 Å². The fourth-order valence-corrected chi connectivity index (χ4v) is 4.04. The first-order valence-corrected chi connectivity index (χ1v) is 9.91. The Morgan fingerprint density at radius 3 is 2.60 bits per heavy atom. The summed E-state index contributed by atoms with van der Waals surface area (Å²) in [7, 11) is 0. The van der Waals surface area contributed by atoms with Gasteiger partial charge in [-0.3, -0.25) is 4.79 Å². The van der Waals surface area contributed by atoms with E-state index in [-0.39, 0.29) is 24.7 Å². The van der Waals surface area contributed by atoms with Crippen molar-refractivity contribution in [3.05, 3.63) is 0 Å². The predicted octanol–water partition coefficient (Wildman–Crippen LogP) is 3.56. The number of carboxylic acid groups (broad SMARTS) is 1. The fourth-order valence-electron chi connectivity index (χ4n) is 4.04. The molecule has 2 atom stereocenters. The maximum atomic E-state index is 11.9. The third kappa shape index (κ3) is 6.84. The number of amides is 1. The number of nitrogens with zero attached hydrogens (tertiary/aromatic N) is 1. The largest absolute Gasteiger partial charge is 0.481 e. The molecule has 1 saturated carbocycles. The highest BCUT2D eigenvalue weighted by Gasteiger charge is 2.33. The number of aliphatic carboxylic acids is 1. The van der Waals surface area contributed by atoms with E-state index in [1.54, 1.807) is 4.90 Å². The van der Waals surface area contributed by atoms with Crippen molar-refractivity contribution >= 4 is 12.1 Å². The second kappa shape index (κ2) is 10.6. The SMILES string of the molecule is O=C(O)CCCCCCC1COC(=O)N1CCC(O)C1CCCCC1. The second-order valence-electron chi connectivity index (χ2n) is 7.52. The molecule has 0 aromatic heterocycles. The molecular formula is C19H33NO5. The van der Waals surface area contributed by atoms with Crippen molar-refractivity contribution in [3.63, 3.8) is 0 Å². The smallest absolute Gasteiger partial charge is 0.410 e.